The molecule has 11 heteroatoms. The number of aromatic amines is 1. The number of halogens is 3. The van der Waals surface area contributed by atoms with Crippen molar-refractivity contribution in [3.05, 3.63) is 29.6 Å². The molecule has 2 atom stereocenters. The zero-order valence-corrected chi connectivity index (χ0v) is 15.5. The number of hydrogen-bond acceptors (Lipinski definition) is 3. The quantitative estimate of drug-likeness (QED) is 0.742. The average molecular weight is 390 g/mol. The molecule has 146 valence electrons. The molecule has 1 aromatic heterocycles. The van der Waals surface area contributed by atoms with Gasteiger partial charge in [-0.1, -0.05) is 6.07 Å². The van der Waals surface area contributed by atoms with Crippen molar-refractivity contribution in [1.29, 1.82) is 0 Å². The first-order valence-electron chi connectivity index (χ1n) is 8.78. The Balaban J connectivity index is 1.70. The van der Waals surface area contributed by atoms with E-state index in [1.165, 1.54) is 4.90 Å². The smallest absolute Gasteiger partial charge is 0.366 e. The molecular weight excluding hydrogens is 371 g/mol. The monoisotopic (exact) mass is 390 g/mol. The molecule has 1 fully saturated rings. The minimum atomic E-state index is -4.40. The second-order valence-corrected chi connectivity index (χ2v) is 7.11. The Bertz CT molecular complexity index is 872. The van der Waals surface area contributed by atoms with Gasteiger partial charge in [-0.3, -0.25) is 0 Å². The van der Waals surface area contributed by atoms with Crippen LogP contribution >= 0.6 is 0 Å². The molecule has 2 heterocycles. The van der Waals surface area contributed by atoms with Gasteiger partial charge in [-0.2, -0.15) is 13.2 Å². The van der Waals surface area contributed by atoms with E-state index in [9.17, 15) is 18.0 Å². The lowest BCUT2D eigenvalue weighted by molar-refractivity contribution is -0.224. The van der Waals surface area contributed by atoms with Gasteiger partial charge in [-0.05, 0) is 36.9 Å². The predicted molar refractivity (Wildman–Crippen MR) is 99.0 cm³/mol. The van der Waals surface area contributed by atoms with Crippen LogP contribution in [0.15, 0.2) is 18.2 Å². The number of carbonyl (C=O) groups excluding carboxylic acids is 1. The SMILES string of the molecule is [B]C1([B])CNC(=O)N1Cc1ccc2nc(C[C@@H](C)OC(C)C(F)(F)F)[nH]c2c1. The molecule has 2 aromatic rings. The largest absolute Gasteiger partial charge is 0.414 e. The number of nitrogens with zero attached hydrogens (tertiary/aromatic N) is 2. The Morgan fingerprint density at radius 1 is 1.36 bits per heavy atom. The summed E-state index contributed by atoms with van der Waals surface area (Å²) in [6, 6.07) is 5.01. The van der Waals surface area contributed by atoms with Gasteiger partial charge in [0.1, 0.15) is 5.82 Å². The van der Waals surface area contributed by atoms with E-state index in [0.29, 0.717) is 16.9 Å². The minimum absolute atomic E-state index is 0.149. The lowest BCUT2D eigenvalue weighted by Gasteiger charge is -2.31. The van der Waals surface area contributed by atoms with Crippen molar-refractivity contribution in [3.8, 4) is 0 Å². The number of nitrogens with one attached hydrogen (secondary N) is 2. The third-order valence-electron chi connectivity index (χ3n) is 4.58. The Kier molecular flexibility index (Phi) is 5.40. The highest BCUT2D eigenvalue weighted by Crippen LogP contribution is 2.24. The zero-order valence-electron chi connectivity index (χ0n) is 15.5. The van der Waals surface area contributed by atoms with Gasteiger partial charge >= 0.3 is 12.2 Å². The maximum Gasteiger partial charge on any atom is 0.414 e. The fourth-order valence-electron chi connectivity index (χ4n) is 3.05. The lowest BCUT2D eigenvalue weighted by Crippen LogP contribution is -2.47. The van der Waals surface area contributed by atoms with Crippen LogP contribution in [0.4, 0.5) is 18.0 Å². The molecule has 1 aromatic carbocycles. The standard InChI is InChI=1S/C17H19B2F3N4O2/c1-9(28-10(2)17(20,21)22)5-14-24-12-4-3-11(6-13(12)25-14)7-26-15(27)23-8-16(26,18)19/h3-4,6,9-10H,5,7-8H2,1-2H3,(H,23,27)(H,24,25)/t9-,10?/m1/s1. The molecule has 2 N–H and O–H groups in total. The summed E-state index contributed by atoms with van der Waals surface area (Å²) in [4.78, 5) is 20.7. The van der Waals surface area contributed by atoms with Gasteiger partial charge < -0.3 is 19.9 Å². The molecule has 3 rings (SSSR count). The van der Waals surface area contributed by atoms with Gasteiger partial charge in [-0.15, -0.1) is 0 Å². The van der Waals surface area contributed by atoms with E-state index in [2.05, 4.69) is 15.3 Å². The van der Waals surface area contributed by atoms with Crippen LogP contribution in [0.1, 0.15) is 25.2 Å². The van der Waals surface area contributed by atoms with Crippen molar-refractivity contribution >= 4 is 32.8 Å². The van der Waals surface area contributed by atoms with Crippen LogP contribution in [0, 0.1) is 0 Å². The molecule has 0 aliphatic carbocycles. The fraction of sp³-hybridized carbons (Fsp3) is 0.529. The minimum Gasteiger partial charge on any atom is -0.366 e. The summed E-state index contributed by atoms with van der Waals surface area (Å²) in [5, 5.41) is 1.32. The number of carbonyl (C=O) groups is 1. The number of urea groups is 1. The van der Waals surface area contributed by atoms with E-state index in [0.717, 1.165) is 12.5 Å². The maximum absolute atomic E-state index is 12.6. The fourth-order valence-corrected chi connectivity index (χ4v) is 3.05. The summed E-state index contributed by atoms with van der Waals surface area (Å²) < 4.78 is 42.8. The number of amides is 2. The highest BCUT2D eigenvalue weighted by atomic mass is 19.4. The number of benzene rings is 1. The Morgan fingerprint density at radius 2 is 2.07 bits per heavy atom. The summed E-state index contributed by atoms with van der Waals surface area (Å²) in [5.74, 6) is 0.514. The summed E-state index contributed by atoms with van der Waals surface area (Å²) in [7, 11) is 11.8. The van der Waals surface area contributed by atoms with Gasteiger partial charge in [0, 0.05) is 19.5 Å². The number of H-pyrrole nitrogens is 1. The molecule has 0 saturated carbocycles. The third-order valence-corrected chi connectivity index (χ3v) is 4.58. The molecule has 2 amide bonds. The van der Waals surface area contributed by atoms with E-state index < -0.39 is 23.7 Å². The van der Waals surface area contributed by atoms with Crippen LogP contribution in [-0.4, -0.2) is 66.9 Å². The number of imidazole rings is 1. The van der Waals surface area contributed by atoms with Crippen molar-refractivity contribution in [2.75, 3.05) is 6.54 Å². The van der Waals surface area contributed by atoms with Gasteiger partial charge in [0.2, 0.25) is 0 Å². The van der Waals surface area contributed by atoms with Crippen molar-refractivity contribution in [2.24, 2.45) is 0 Å². The second kappa shape index (κ2) is 7.35. The molecule has 1 aliphatic rings. The van der Waals surface area contributed by atoms with Crippen molar-refractivity contribution in [1.82, 2.24) is 20.2 Å². The number of hydrogen-bond donors (Lipinski definition) is 2. The third kappa shape index (κ3) is 4.45. The lowest BCUT2D eigenvalue weighted by atomic mass is 9.61. The first-order chi connectivity index (χ1) is 13.0. The summed E-state index contributed by atoms with van der Waals surface area (Å²) in [6.07, 6.45) is -6.72. The summed E-state index contributed by atoms with van der Waals surface area (Å²) in [6.45, 7) is 2.90. The van der Waals surface area contributed by atoms with Crippen LogP contribution in [0.2, 0.25) is 0 Å². The summed E-state index contributed by atoms with van der Waals surface area (Å²) >= 11 is 0. The highest BCUT2D eigenvalue weighted by molar-refractivity contribution is 6.41. The van der Waals surface area contributed by atoms with Crippen LogP contribution in [-0.2, 0) is 17.7 Å². The van der Waals surface area contributed by atoms with Gasteiger partial charge in [0.25, 0.3) is 0 Å². The van der Waals surface area contributed by atoms with Gasteiger partial charge in [0.05, 0.1) is 32.8 Å². The zero-order chi connectivity index (χ0) is 20.7. The number of ether oxygens (including phenoxy) is 1. The molecule has 28 heavy (non-hydrogen) atoms. The number of aromatic nitrogens is 2. The number of fused-ring (bicyclic) bond motifs is 1. The van der Waals surface area contributed by atoms with Crippen LogP contribution in [0.5, 0.6) is 0 Å². The van der Waals surface area contributed by atoms with Crippen LogP contribution < -0.4 is 5.32 Å². The molecule has 1 unspecified atom stereocenters. The van der Waals surface area contributed by atoms with E-state index >= 15 is 0 Å². The van der Waals surface area contributed by atoms with Crippen molar-refractivity contribution in [2.45, 2.75) is 50.5 Å². The van der Waals surface area contributed by atoms with Crippen LogP contribution in [0.25, 0.3) is 11.0 Å². The molecule has 6 nitrogen and oxygen atoms in total. The maximum atomic E-state index is 12.6. The Labute approximate surface area is 163 Å². The van der Waals surface area contributed by atoms with E-state index in [1.54, 1.807) is 25.1 Å². The van der Waals surface area contributed by atoms with Gasteiger partial charge in [0.15, 0.2) is 6.10 Å². The second-order valence-electron chi connectivity index (χ2n) is 7.11. The Hall–Kier alpha value is -2.16. The Morgan fingerprint density at radius 3 is 2.68 bits per heavy atom. The molecular formula is C17H19B2F3N4O2. The molecule has 0 spiro atoms. The molecule has 0 bridgehead atoms. The average Bonchev–Trinajstić information content (AvgIpc) is 3.08. The number of alkyl halides is 3. The van der Waals surface area contributed by atoms with E-state index in [4.69, 9.17) is 20.4 Å². The first-order valence-corrected chi connectivity index (χ1v) is 8.78. The van der Waals surface area contributed by atoms with E-state index in [-0.39, 0.29) is 25.5 Å². The first kappa shape index (κ1) is 20.6. The van der Waals surface area contributed by atoms with Crippen molar-refractivity contribution in [3.63, 3.8) is 0 Å². The molecule has 1 saturated heterocycles. The van der Waals surface area contributed by atoms with Gasteiger partial charge in [-0.25, -0.2) is 9.78 Å². The molecule has 4 radical (unpaired) electrons. The number of rotatable bonds is 6. The van der Waals surface area contributed by atoms with E-state index in [1.807, 2.05) is 0 Å². The van der Waals surface area contributed by atoms with Crippen molar-refractivity contribution < 1.29 is 22.7 Å². The highest BCUT2D eigenvalue weighted by Gasteiger charge is 2.38. The predicted octanol–water partition coefficient (Wildman–Crippen LogP) is 1.98. The normalized spacial score (nSPS) is 19.0. The summed E-state index contributed by atoms with van der Waals surface area (Å²) in [5.41, 5.74) is 2.14. The van der Waals surface area contributed by atoms with Crippen LogP contribution in [0.3, 0.4) is 0 Å². The topological polar surface area (TPSA) is 70.2 Å². The molecule has 1 aliphatic heterocycles.